The van der Waals surface area contributed by atoms with Gasteiger partial charge in [-0.05, 0) is 25.9 Å². The summed E-state index contributed by atoms with van der Waals surface area (Å²) in [5, 5.41) is 10.8. The highest BCUT2D eigenvalue weighted by molar-refractivity contribution is 5.26. The molecule has 0 spiro atoms. The first-order valence-corrected chi connectivity index (χ1v) is 5.44. The van der Waals surface area contributed by atoms with E-state index in [0.29, 0.717) is 0 Å². The molecule has 0 saturated carbocycles. The van der Waals surface area contributed by atoms with Crippen LogP contribution in [0.25, 0.3) is 0 Å². The fourth-order valence-corrected chi connectivity index (χ4v) is 1.55. The summed E-state index contributed by atoms with van der Waals surface area (Å²) < 4.78 is 0. The van der Waals surface area contributed by atoms with E-state index >= 15 is 0 Å². The van der Waals surface area contributed by atoms with Gasteiger partial charge in [-0.15, -0.1) is 0 Å². The van der Waals surface area contributed by atoms with E-state index in [1.165, 1.54) is 25.9 Å². The average Bonchev–Trinajstić information content (AvgIpc) is 2.28. The highest BCUT2D eigenvalue weighted by Crippen LogP contribution is 2.06. The van der Waals surface area contributed by atoms with Crippen molar-refractivity contribution in [1.82, 2.24) is 4.90 Å². The van der Waals surface area contributed by atoms with Crippen LogP contribution in [0.3, 0.4) is 0 Å². The molecular formula is C11H23N3O2. The highest BCUT2D eigenvalue weighted by atomic mass is 16.1. The Morgan fingerprint density at radius 2 is 1.19 bits per heavy atom. The number of rotatable bonds is 5. The molecule has 0 fully saturated rings. The first kappa shape index (κ1) is 20.2. The molecule has 5 heteroatoms. The van der Waals surface area contributed by atoms with Crippen molar-refractivity contribution < 1.29 is 9.59 Å². The van der Waals surface area contributed by atoms with Crippen LogP contribution in [-0.4, -0.2) is 36.2 Å². The van der Waals surface area contributed by atoms with Crippen molar-refractivity contribution in [2.45, 2.75) is 46.6 Å². The second-order valence-electron chi connectivity index (χ2n) is 2.90. The van der Waals surface area contributed by atoms with Gasteiger partial charge in [-0.3, -0.25) is 0 Å². The van der Waals surface area contributed by atoms with Gasteiger partial charge in [-0.25, -0.2) is 20.4 Å². The third-order valence-electron chi connectivity index (χ3n) is 2.27. The van der Waals surface area contributed by atoms with Crippen LogP contribution in [0, 0.1) is 10.8 Å². The van der Waals surface area contributed by atoms with Crippen molar-refractivity contribution in [2.75, 3.05) is 13.1 Å². The minimum atomic E-state index is 0.750. The van der Waals surface area contributed by atoms with E-state index in [1.54, 1.807) is 0 Å². The first-order chi connectivity index (χ1) is 7.62. The molecule has 0 aliphatic carbocycles. The Balaban J connectivity index is -0.000000235. The average molecular weight is 229 g/mol. The van der Waals surface area contributed by atoms with Crippen LogP contribution in [-0.2, 0) is 9.59 Å². The molecular weight excluding hydrogens is 206 g/mol. The Kier molecular flexibility index (Phi) is 24.4. The molecule has 0 unspecified atom stereocenters. The van der Waals surface area contributed by atoms with Crippen LogP contribution in [0.1, 0.15) is 40.5 Å². The van der Waals surface area contributed by atoms with Gasteiger partial charge in [0.1, 0.15) is 0 Å². The predicted molar refractivity (Wildman–Crippen MR) is 64.1 cm³/mol. The Hall–Kier alpha value is -1.28. The van der Waals surface area contributed by atoms with E-state index in [9.17, 15) is 0 Å². The summed E-state index contributed by atoms with van der Waals surface area (Å²) >= 11 is 0. The maximum Gasteiger partial charge on any atom is 0.231 e. The zero-order valence-electron chi connectivity index (χ0n) is 10.7. The molecule has 0 aliphatic heterocycles. The molecule has 0 rings (SSSR count). The van der Waals surface area contributed by atoms with E-state index < -0.39 is 0 Å². The van der Waals surface area contributed by atoms with Gasteiger partial charge in [0, 0.05) is 6.04 Å². The van der Waals surface area contributed by atoms with Gasteiger partial charge < -0.3 is 4.90 Å². The smallest absolute Gasteiger partial charge is 0.231 e. The summed E-state index contributed by atoms with van der Waals surface area (Å²) in [7, 11) is 0. The highest BCUT2D eigenvalue weighted by Gasteiger charge is 2.09. The third kappa shape index (κ3) is 15.2. The topological polar surface area (TPSA) is 85.1 Å². The minimum absolute atomic E-state index is 0.750. The lowest BCUT2D eigenvalue weighted by Gasteiger charge is -2.27. The zero-order valence-corrected chi connectivity index (χ0v) is 10.7. The Labute approximate surface area is 97.9 Å². The molecule has 0 aliphatic rings. The first-order valence-electron chi connectivity index (χ1n) is 5.44. The van der Waals surface area contributed by atoms with Crippen LogP contribution in [0.4, 0.5) is 0 Å². The van der Waals surface area contributed by atoms with E-state index in [2.05, 4.69) is 32.6 Å². The second-order valence-corrected chi connectivity index (χ2v) is 2.90. The lowest BCUT2D eigenvalue weighted by molar-refractivity contribution is 0.206. The van der Waals surface area contributed by atoms with Crippen molar-refractivity contribution in [3.05, 3.63) is 0 Å². The third-order valence-corrected chi connectivity index (χ3v) is 2.27. The lowest BCUT2D eigenvalue weighted by atomic mass is 10.1. The van der Waals surface area contributed by atoms with Gasteiger partial charge in [0.05, 0.1) is 0 Å². The van der Waals surface area contributed by atoms with Crippen LogP contribution < -0.4 is 0 Å². The minimum Gasteiger partial charge on any atom is -0.301 e. The summed E-state index contributed by atoms with van der Waals surface area (Å²) in [4.78, 5) is 19.2. The van der Waals surface area contributed by atoms with Gasteiger partial charge in [-0.2, -0.15) is 0 Å². The maximum atomic E-state index is 8.35. The van der Waals surface area contributed by atoms with Gasteiger partial charge in [0.25, 0.3) is 0 Å². The molecule has 5 nitrogen and oxygen atoms in total. The van der Waals surface area contributed by atoms with E-state index in [1.807, 2.05) is 0 Å². The SMILES string of the molecule is CCC(CC)N(CC)CC.N=C=O.N=C=O. The van der Waals surface area contributed by atoms with Crippen molar-refractivity contribution in [2.24, 2.45) is 0 Å². The molecule has 0 bridgehead atoms. The molecule has 0 amide bonds. The van der Waals surface area contributed by atoms with Gasteiger partial charge in [-0.1, -0.05) is 27.7 Å². The van der Waals surface area contributed by atoms with Crippen LogP contribution in [0.2, 0.25) is 0 Å². The van der Waals surface area contributed by atoms with Crippen LogP contribution in [0.5, 0.6) is 0 Å². The molecule has 0 aromatic heterocycles. The number of hydrogen-bond donors (Lipinski definition) is 2. The molecule has 0 heterocycles. The Morgan fingerprint density at radius 1 is 0.938 bits per heavy atom. The largest absolute Gasteiger partial charge is 0.301 e. The summed E-state index contributed by atoms with van der Waals surface area (Å²) in [6.45, 7) is 11.4. The zero-order chi connectivity index (χ0) is 13.4. The van der Waals surface area contributed by atoms with Crippen LogP contribution >= 0.6 is 0 Å². The number of carbonyl (C=O) groups excluding carboxylic acids is 2. The molecule has 16 heavy (non-hydrogen) atoms. The van der Waals surface area contributed by atoms with Gasteiger partial charge >= 0.3 is 0 Å². The van der Waals surface area contributed by atoms with Crippen molar-refractivity contribution >= 4 is 12.2 Å². The summed E-state index contributed by atoms with van der Waals surface area (Å²) in [5.41, 5.74) is 0. The Morgan fingerprint density at radius 3 is 1.25 bits per heavy atom. The van der Waals surface area contributed by atoms with Crippen LogP contribution in [0.15, 0.2) is 0 Å². The standard InChI is InChI=1S/C9H21N.2CHNO/c1-5-9(6-2)10(7-3)8-4;2*2-1-3/h9H,5-8H2,1-4H3;2*2H. The lowest BCUT2D eigenvalue weighted by Crippen LogP contribution is -2.33. The van der Waals surface area contributed by atoms with Gasteiger partial charge in [0.2, 0.25) is 12.2 Å². The van der Waals surface area contributed by atoms with Crippen molar-refractivity contribution in [3.63, 3.8) is 0 Å². The predicted octanol–water partition coefficient (Wildman–Crippen LogP) is 2.32. The second kappa shape index (κ2) is 19.3. The Bertz CT molecular complexity index is 165. The summed E-state index contributed by atoms with van der Waals surface area (Å²) in [6, 6.07) is 0.815. The molecule has 0 aromatic carbocycles. The normalized spacial score (nSPS) is 8.12. The summed E-state index contributed by atoms with van der Waals surface area (Å²) in [5.74, 6) is 0. The quantitative estimate of drug-likeness (QED) is 0.560. The fourth-order valence-electron chi connectivity index (χ4n) is 1.55. The van der Waals surface area contributed by atoms with E-state index in [0.717, 1.165) is 18.2 Å². The van der Waals surface area contributed by atoms with Crippen molar-refractivity contribution in [3.8, 4) is 0 Å². The van der Waals surface area contributed by atoms with E-state index in [4.69, 9.17) is 20.4 Å². The molecule has 0 atom stereocenters. The monoisotopic (exact) mass is 229 g/mol. The fraction of sp³-hybridized carbons (Fsp3) is 0.818. The summed E-state index contributed by atoms with van der Waals surface area (Å²) in [6.07, 6.45) is 4.08. The van der Waals surface area contributed by atoms with Gasteiger partial charge in [0.15, 0.2) is 0 Å². The molecule has 94 valence electrons. The number of isocyanates is 2. The molecule has 0 aromatic rings. The van der Waals surface area contributed by atoms with E-state index in [-0.39, 0.29) is 0 Å². The van der Waals surface area contributed by atoms with Crippen molar-refractivity contribution in [1.29, 1.82) is 10.8 Å². The maximum absolute atomic E-state index is 8.35. The number of hydrogen-bond acceptors (Lipinski definition) is 5. The number of nitrogens with zero attached hydrogens (tertiary/aromatic N) is 1. The molecule has 0 saturated heterocycles. The number of nitrogens with one attached hydrogen (secondary N) is 2. The molecule has 2 N–H and O–H groups in total. The molecule has 0 radical (unpaired) electrons.